The Kier molecular flexibility index (Phi) is 7.66. The Hall–Kier alpha value is -3.17. The molecule has 3 aromatic rings. The van der Waals surface area contributed by atoms with Gasteiger partial charge in [-0.25, -0.2) is 8.42 Å². The summed E-state index contributed by atoms with van der Waals surface area (Å²) in [5.41, 5.74) is 0.479. The summed E-state index contributed by atoms with van der Waals surface area (Å²) in [5, 5.41) is 0. The maximum absolute atomic E-state index is 13.2. The van der Waals surface area contributed by atoms with Gasteiger partial charge in [0, 0.05) is 31.9 Å². The molecule has 2 aromatic heterocycles. The van der Waals surface area contributed by atoms with Crippen LogP contribution in [0.5, 0.6) is 0 Å². The maximum atomic E-state index is 13.2. The van der Waals surface area contributed by atoms with Gasteiger partial charge < -0.3 is 13.9 Å². The van der Waals surface area contributed by atoms with E-state index in [1.807, 2.05) is 30.3 Å². The predicted octanol–water partition coefficient (Wildman–Crippen LogP) is 2.70. The molecule has 0 radical (unpaired) electrons. The lowest BCUT2D eigenvalue weighted by atomic mass is 10.2. The zero-order valence-corrected chi connectivity index (χ0v) is 19.0. The molecule has 0 fully saturated rings. The molecule has 2 heterocycles. The highest BCUT2D eigenvalue weighted by molar-refractivity contribution is 7.89. The first-order valence-corrected chi connectivity index (χ1v) is 11.8. The Bertz CT molecular complexity index is 1180. The van der Waals surface area contributed by atoms with E-state index in [2.05, 4.69) is 0 Å². The number of aromatic nitrogens is 1. The third kappa shape index (κ3) is 5.54. The minimum Gasteiger partial charge on any atom is -0.467 e. The van der Waals surface area contributed by atoms with Gasteiger partial charge >= 0.3 is 0 Å². The van der Waals surface area contributed by atoms with Gasteiger partial charge in [0.2, 0.25) is 15.9 Å². The van der Waals surface area contributed by atoms with Gasteiger partial charge in [0.1, 0.15) is 12.3 Å². The smallest absolute Gasteiger partial charge is 0.251 e. The van der Waals surface area contributed by atoms with Crippen LogP contribution in [0.25, 0.3) is 0 Å². The first kappa shape index (κ1) is 23.5. The lowest BCUT2D eigenvalue weighted by Crippen LogP contribution is -2.36. The molecule has 0 aliphatic rings. The molecule has 0 N–H and O–H groups in total. The van der Waals surface area contributed by atoms with E-state index in [9.17, 15) is 18.0 Å². The molecular formula is C23H27N3O5S. The van der Waals surface area contributed by atoms with Crippen molar-refractivity contribution in [2.24, 2.45) is 0 Å². The second-order valence-corrected chi connectivity index (χ2v) is 9.17. The molecule has 32 heavy (non-hydrogen) atoms. The minimum absolute atomic E-state index is 0.0192. The van der Waals surface area contributed by atoms with Gasteiger partial charge in [-0.3, -0.25) is 9.59 Å². The monoisotopic (exact) mass is 457 g/mol. The molecule has 8 nitrogen and oxygen atoms in total. The fourth-order valence-electron chi connectivity index (χ4n) is 3.37. The van der Waals surface area contributed by atoms with Gasteiger partial charge in [-0.05, 0) is 23.8 Å². The molecule has 3 rings (SSSR count). The number of pyridine rings is 1. The quantitative estimate of drug-likeness (QED) is 0.467. The van der Waals surface area contributed by atoms with E-state index in [1.54, 1.807) is 30.9 Å². The molecule has 0 aliphatic heterocycles. The lowest BCUT2D eigenvalue weighted by Gasteiger charge is -2.23. The zero-order valence-electron chi connectivity index (χ0n) is 18.2. The van der Waals surface area contributed by atoms with Crippen molar-refractivity contribution in [2.45, 2.75) is 38.4 Å². The lowest BCUT2D eigenvalue weighted by molar-refractivity contribution is -0.133. The van der Waals surface area contributed by atoms with Gasteiger partial charge in [0.05, 0.1) is 17.7 Å². The van der Waals surface area contributed by atoms with Crippen LogP contribution in [-0.2, 0) is 34.5 Å². The molecule has 1 aromatic carbocycles. The van der Waals surface area contributed by atoms with Gasteiger partial charge in [-0.15, -0.1) is 0 Å². The van der Waals surface area contributed by atoms with Crippen LogP contribution in [0.3, 0.4) is 0 Å². The Labute approximate surface area is 187 Å². The van der Waals surface area contributed by atoms with Crippen molar-refractivity contribution in [1.82, 2.24) is 13.8 Å². The number of hydrogen-bond acceptors (Lipinski definition) is 5. The molecule has 0 aliphatic carbocycles. The molecule has 0 atom stereocenters. The summed E-state index contributed by atoms with van der Waals surface area (Å²) in [7, 11) is -3.75. The van der Waals surface area contributed by atoms with Crippen molar-refractivity contribution in [1.29, 1.82) is 0 Å². The highest BCUT2D eigenvalue weighted by atomic mass is 32.2. The third-order valence-electron chi connectivity index (χ3n) is 5.10. The molecule has 0 saturated heterocycles. The molecule has 0 saturated carbocycles. The second kappa shape index (κ2) is 10.4. The Balaban J connectivity index is 1.87. The average molecular weight is 458 g/mol. The summed E-state index contributed by atoms with van der Waals surface area (Å²) in [6.07, 6.45) is 2.77. The standard InChI is InChI=1S/C23H27N3O5S/c1-3-26(4-2)32(29,30)21-12-13-22(27)25(17-21)18-23(28)24(16-20-11-8-14-31-20)15-19-9-6-5-7-10-19/h5-14,17H,3-4,15-16,18H2,1-2H3. The SMILES string of the molecule is CCN(CC)S(=O)(=O)c1ccc(=O)n(CC(=O)N(Cc2ccccc2)Cc2ccco2)c1. The predicted molar refractivity (Wildman–Crippen MR) is 120 cm³/mol. The minimum atomic E-state index is -3.75. The Morgan fingerprint density at radius 3 is 2.31 bits per heavy atom. The summed E-state index contributed by atoms with van der Waals surface area (Å²) < 4.78 is 33.5. The van der Waals surface area contributed by atoms with Crippen molar-refractivity contribution >= 4 is 15.9 Å². The number of furan rings is 1. The van der Waals surface area contributed by atoms with Crippen LogP contribution in [0.15, 0.2) is 81.2 Å². The summed E-state index contributed by atoms with van der Waals surface area (Å²) >= 11 is 0. The summed E-state index contributed by atoms with van der Waals surface area (Å²) in [5.74, 6) is 0.282. The summed E-state index contributed by atoms with van der Waals surface area (Å²) in [6.45, 7) is 4.39. The van der Waals surface area contributed by atoms with Crippen LogP contribution in [0, 0.1) is 0 Å². The van der Waals surface area contributed by atoms with Crippen molar-refractivity contribution in [3.05, 3.63) is 88.7 Å². The van der Waals surface area contributed by atoms with Crippen LogP contribution < -0.4 is 5.56 Å². The van der Waals surface area contributed by atoms with E-state index in [0.29, 0.717) is 25.4 Å². The number of benzene rings is 1. The van der Waals surface area contributed by atoms with Crippen molar-refractivity contribution in [2.75, 3.05) is 13.1 Å². The van der Waals surface area contributed by atoms with E-state index in [1.165, 1.54) is 28.9 Å². The summed E-state index contributed by atoms with van der Waals surface area (Å²) in [6, 6.07) is 15.5. The van der Waals surface area contributed by atoms with Crippen LogP contribution >= 0.6 is 0 Å². The fraction of sp³-hybridized carbons (Fsp3) is 0.304. The van der Waals surface area contributed by atoms with E-state index in [4.69, 9.17) is 4.42 Å². The van der Waals surface area contributed by atoms with Gasteiger partial charge in [0.25, 0.3) is 5.56 Å². The number of nitrogens with zero attached hydrogens (tertiary/aromatic N) is 3. The van der Waals surface area contributed by atoms with Gasteiger partial charge in [-0.1, -0.05) is 44.2 Å². The summed E-state index contributed by atoms with van der Waals surface area (Å²) in [4.78, 5) is 27.1. The molecule has 1 amide bonds. The largest absolute Gasteiger partial charge is 0.467 e. The van der Waals surface area contributed by atoms with Gasteiger partial charge in [0.15, 0.2) is 0 Å². The second-order valence-electron chi connectivity index (χ2n) is 7.24. The zero-order chi connectivity index (χ0) is 23.1. The van der Waals surface area contributed by atoms with E-state index < -0.39 is 15.6 Å². The van der Waals surface area contributed by atoms with Crippen molar-refractivity contribution in [3.63, 3.8) is 0 Å². The van der Waals surface area contributed by atoms with Crippen molar-refractivity contribution < 1.29 is 17.6 Å². The number of carbonyl (C=O) groups excluding carboxylic acids is 1. The van der Waals surface area contributed by atoms with Gasteiger partial charge in [-0.2, -0.15) is 4.31 Å². The number of amides is 1. The van der Waals surface area contributed by atoms with E-state index in [-0.39, 0.29) is 23.9 Å². The maximum Gasteiger partial charge on any atom is 0.251 e. The Morgan fingerprint density at radius 2 is 1.69 bits per heavy atom. The van der Waals surface area contributed by atoms with Crippen LogP contribution in [0.1, 0.15) is 25.2 Å². The average Bonchev–Trinajstić information content (AvgIpc) is 3.29. The Morgan fingerprint density at radius 1 is 0.969 bits per heavy atom. The molecule has 0 spiro atoms. The highest BCUT2D eigenvalue weighted by Gasteiger charge is 2.23. The van der Waals surface area contributed by atoms with Crippen LogP contribution in [0.4, 0.5) is 0 Å². The normalized spacial score (nSPS) is 11.6. The number of carbonyl (C=O) groups is 1. The third-order valence-corrected chi connectivity index (χ3v) is 7.13. The van der Waals surface area contributed by atoms with E-state index >= 15 is 0 Å². The number of sulfonamides is 1. The molecule has 170 valence electrons. The van der Waals surface area contributed by atoms with E-state index in [0.717, 1.165) is 10.1 Å². The molecule has 0 unspecified atom stereocenters. The number of rotatable bonds is 10. The van der Waals surface area contributed by atoms with Crippen molar-refractivity contribution in [3.8, 4) is 0 Å². The molecule has 0 bridgehead atoms. The number of hydrogen-bond donors (Lipinski definition) is 0. The highest BCUT2D eigenvalue weighted by Crippen LogP contribution is 2.15. The first-order valence-electron chi connectivity index (χ1n) is 10.4. The van der Waals surface area contributed by atoms with Crippen LogP contribution in [-0.4, -0.2) is 41.2 Å². The molecular weight excluding hydrogens is 430 g/mol. The fourth-order valence-corrected chi connectivity index (χ4v) is 4.85. The van der Waals surface area contributed by atoms with Crippen LogP contribution in [0.2, 0.25) is 0 Å². The molecule has 9 heteroatoms. The topological polar surface area (TPSA) is 92.8 Å². The first-order chi connectivity index (χ1) is 15.3.